The van der Waals surface area contributed by atoms with Crippen LogP contribution in [-0.4, -0.2) is 37.2 Å². The van der Waals surface area contributed by atoms with Crippen molar-refractivity contribution in [2.75, 3.05) is 13.2 Å². The zero-order chi connectivity index (χ0) is 52.9. The summed E-state index contributed by atoms with van der Waals surface area (Å²) >= 11 is 0. The molecular weight excluding hydrogens is 901 g/mol. The Balaban J connectivity index is 4.53. The van der Waals surface area contributed by atoms with Gasteiger partial charge in [0.1, 0.15) is 13.2 Å². The topological polar surface area (TPSA) is 78.9 Å². The third-order valence-electron chi connectivity index (χ3n) is 12.0. The fraction of sp³-hybridized carbons (Fsp3) is 0.597. The van der Waals surface area contributed by atoms with E-state index in [1.54, 1.807) is 0 Å². The van der Waals surface area contributed by atoms with Gasteiger partial charge in [0.2, 0.25) is 0 Å². The minimum atomic E-state index is -0.811. The predicted octanol–water partition coefficient (Wildman–Crippen LogP) is 20.0. The molecule has 410 valence electrons. The fourth-order valence-corrected chi connectivity index (χ4v) is 7.65. The molecule has 6 nitrogen and oxygen atoms in total. The Labute approximate surface area is 448 Å². The standard InChI is InChI=1S/C67H106O6/c1-4-7-10-13-16-19-22-25-28-31-33-36-39-42-45-48-51-54-57-60-66(69)72-63-64(62-71-65(68)59-56-53-50-47-44-41-38-35-30-27-24-21-18-15-12-9-6-3)73-67(70)61-58-55-52-49-46-43-40-37-34-32-29-26-23-20-17-14-11-8-5-2/h7-8,10-11,13,16-22,25-31,33,36,39,42,45,64H,4-6,9,12,14-15,23-24,32,34-35,37-38,40-41,43-44,46-63H2,1-3H3/b10-7-,11-8-,16-13-,20-17-,21-18-,22-19-,28-25-,29-26-,30-27-,33-31+,39-36-,45-42-. The van der Waals surface area contributed by atoms with E-state index in [-0.39, 0.29) is 31.1 Å². The number of unbranched alkanes of at least 4 members (excludes halogenated alkanes) is 22. The van der Waals surface area contributed by atoms with Crippen LogP contribution in [0, 0.1) is 0 Å². The van der Waals surface area contributed by atoms with Crippen LogP contribution >= 0.6 is 0 Å². The molecule has 0 rings (SSSR count). The zero-order valence-electron chi connectivity index (χ0n) is 46.8. The number of ether oxygens (including phenoxy) is 3. The van der Waals surface area contributed by atoms with Crippen LogP contribution < -0.4 is 0 Å². The van der Waals surface area contributed by atoms with Crippen molar-refractivity contribution in [2.24, 2.45) is 0 Å². The van der Waals surface area contributed by atoms with Crippen LogP contribution in [0.1, 0.15) is 239 Å². The molecule has 0 amide bonds. The van der Waals surface area contributed by atoms with E-state index in [1.807, 2.05) is 72.9 Å². The molecular formula is C67H106O6. The third-order valence-corrected chi connectivity index (χ3v) is 12.0. The molecule has 0 aromatic rings. The van der Waals surface area contributed by atoms with Crippen molar-refractivity contribution in [1.82, 2.24) is 0 Å². The lowest BCUT2D eigenvalue weighted by Crippen LogP contribution is -2.30. The molecule has 0 bridgehead atoms. The summed E-state index contributed by atoms with van der Waals surface area (Å²) in [6.45, 7) is 6.31. The molecule has 1 atom stereocenters. The molecule has 0 N–H and O–H groups in total. The van der Waals surface area contributed by atoms with Gasteiger partial charge >= 0.3 is 17.9 Å². The van der Waals surface area contributed by atoms with E-state index in [0.29, 0.717) is 19.3 Å². The van der Waals surface area contributed by atoms with Crippen molar-refractivity contribution in [3.05, 3.63) is 146 Å². The minimum Gasteiger partial charge on any atom is -0.462 e. The van der Waals surface area contributed by atoms with Crippen molar-refractivity contribution in [3.8, 4) is 0 Å². The molecule has 0 aromatic heterocycles. The van der Waals surface area contributed by atoms with E-state index in [1.165, 1.54) is 89.9 Å². The van der Waals surface area contributed by atoms with Gasteiger partial charge in [0.25, 0.3) is 0 Å². The highest BCUT2D eigenvalue weighted by atomic mass is 16.6. The molecule has 0 saturated heterocycles. The first kappa shape index (κ1) is 68.3. The molecule has 0 heterocycles. The summed E-state index contributed by atoms with van der Waals surface area (Å²) in [6, 6.07) is 0. The van der Waals surface area contributed by atoms with Gasteiger partial charge < -0.3 is 14.2 Å². The number of hydrogen-bond acceptors (Lipinski definition) is 6. The molecule has 0 aromatic carbocycles. The van der Waals surface area contributed by atoms with Gasteiger partial charge in [-0.25, -0.2) is 0 Å². The average Bonchev–Trinajstić information content (AvgIpc) is 3.39. The molecule has 0 aliphatic rings. The Bertz CT molecular complexity index is 1630. The van der Waals surface area contributed by atoms with Crippen LogP contribution in [0.2, 0.25) is 0 Å². The van der Waals surface area contributed by atoms with E-state index < -0.39 is 6.10 Å². The van der Waals surface area contributed by atoms with Gasteiger partial charge in [-0.15, -0.1) is 0 Å². The summed E-state index contributed by atoms with van der Waals surface area (Å²) < 4.78 is 16.9. The van der Waals surface area contributed by atoms with E-state index >= 15 is 0 Å². The van der Waals surface area contributed by atoms with Gasteiger partial charge in [-0.3, -0.25) is 14.4 Å². The van der Waals surface area contributed by atoms with E-state index in [2.05, 4.69) is 93.7 Å². The highest BCUT2D eigenvalue weighted by molar-refractivity contribution is 5.71. The van der Waals surface area contributed by atoms with Gasteiger partial charge in [0, 0.05) is 19.3 Å². The smallest absolute Gasteiger partial charge is 0.306 e. The Morgan fingerprint density at radius 2 is 0.603 bits per heavy atom. The Kier molecular flexibility index (Phi) is 56.0. The van der Waals surface area contributed by atoms with Crippen molar-refractivity contribution in [1.29, 1.82) is 0 Å². The van der Waals surface area contributed by atoms with Crippen LogP contribution in [-0.2, 0) is 28.6 Å². The maximum absolute atomic E-state index is 12.9. The lowest BCUT2D eigenvalue weighted by molar-refractivity contribution is -0.167. The Hall–Kier alpha value is -4.71. The molecule has 1 unspecified atom stereocenters. The van der Waals surface area contributed by atoms with Crippen molar-refractivity contribution in [2.45, 2.75) is 245 Å². The average molecular weight is 1010 g/mol. The highest BCUT2D eigenvalue weighted by Gasteiger charge is 2.19. The fourth-order valence-electron chi connectivity index (χ4n) is 7.65. The number of carbonyl (C=O) groups excluding carboxylic acids is 3. The molecule has 0 radical (unpaired) electrons. The summed E-state index contributed by atoms with van der Waals surface area (Å²) in [5.41, 5.74) is 0. The quantitative estimate of drug-likeness (QED) is 0.0199. The minimum absolute atomic E-state index is 0.105. The molecule has 0 fully saturated rings. The van der Waals surface area contributed by atoms with Crippen molar-refractivity contribution >= 4 is 17.9 Å². The summed E-state index contributed by atoms with van der Waals surface area (Å²) in [7, 11) is 0. The number of esters is 3. The number of hydrogen-bond donors (Lipinski definition) is 0. The summed E-state index contributed by atoms with van der Waals surface area (Å²) in [4.78, 5) is 38.2. The first-order valence-electron chi connectivity index (χ1n) is 29.4. The van der Waals surface area contributed by atoms with Crippen molar-refractivity contribution < 1.29 is 28.6 Å². The lowest BCUT2D eigenvalue weighted by Gasteiger charge is -2.18. The molecule has 6 heteroatoms. The molecule has 0 aliphatic carbocycles. The number of allylic oxidation sites excluding steroid dienone is 24. The summed E-state index contributed by atoms with van der Waals surface area (Å²) in [5, 5.41) is 0. The van der Waals surface area contributed by atoms with Gasteiger partial charge in [0.15, 0.2) is 6.10 Å². The van der Waals surface area contributed by atoms with Gasteiger partial charge in [0.05, 0.1) is 0 Å². The van der Waals surface area contributed by atoms with Crippen LogP contribution in [0.25, 0.3) is 0 Å². The Morgan fingerprint density at radius 1 is 0.301 bits per heavy atom. The molecule has 73 heavy (non-hydrogen) atoms. The van der Waals surface area contributed by atoms with Crippen LogP contribution in [0.4, 0.5) is 0 Å². The largest absolute Gasteiger partial charge is 0.462 e. The third kappa shape index (κ3) is 58.1. The molecule has 0 spiro atoms. The molecule has 0 aliphatic heterocycles. The van der Waals surface area contributed by atoms with E-state index in [0.717, 1.165) is 109 Å². The maximum atomic E-state index is 12.9. The number of carbonyl (C=O) groups is 3. The second-order valence-corrected chi connectivity index (χ2v) is 19.0. The van der Waals surface area contributed by atoms with E-state index in [4.69, 9.17) is 14.2 Å². The lowest BCUT2D eigenvalue weighted by atomic mass is 10.1. The summed E-state index contributed by atoms with van der Waals surface area (Å²) in [5.74, 6) is -0.968. The van der Waals surface area contributed by atoms with Crippen LogP contribution in [0.3, 0.4) is 0 Å². The van der Waals surface area contributed by atoms with E-state index in [9.17, 15) is 14.4 Å². The Morgan fingerprint density at radius 3 is 1.01 bits per heavy atom. The highest BCUT2D eigenvalue weighted by Crippen LogP contribution is 2.15. The van der Waals surface area contributed by atoms with Crippen LogP contribution in [0.5, 0.6) is 0 Å². The normalized spacial score (nSPS) is 13.2. The zero-order valence-corrected chi connectivity index (χ0v) is 46.8. The SMILES string of the molecule is CC\C=C/C=C\C=C/C=C\C=C\C=C/C=C\CCCCCC(=O)OCC(COC(=O)CCCCCCCCC/C=C\C/C=C\CCCCC)OC(=O)CCCCCCCCCCC/C=C\C/C=C\C/C=C\CC. The second-order valence-electron chi connectivity index (χ2n) is 19.0. The number of rotatable bonds is 51. The summed E-state index contributed by atoms with van der Waals surface area (Å²) in [6.07, 6.45) is 85.4. The van der Waals surface area contributed by atoms with Gasteiger partial charge in [-0.2, -0.15) is 0 Å². The van der Waals surface area contributed by atoms with Crippen LogP contribution in [0.15, 0.2) is 146 Å². The first-order chi connectivity index (χ1) is 36.0. The first-order valence-corrected chi connectivity index (χ1v) is 29.4. The van der Waals surface area contributed by atoms with Gasteiger partial charge in [-0.1, -0.05) is 263 Å². The van der Waals surface area contributed by atoms with Gasteiger partial charge in [-0.05, 0) is 103 Å². The maximum Gasteiger partial charge on any atom is 0.306 e. The predicted molar refractivity (Wildman–Crippen MR) is 315 cm³/mol. The second kappa shape index (κ2) is 59.8. The van der Waals surface area contributed by atoms with Crippen molar-refractivity contribution in [3.63, 3.8) is 0 Å². The monoisotopic (exact) mass is 1010 g/mol. The molecule has 0 saturated carbocycles.